The molecule has 1 saturated carbocycles. The van der Waals surface area contributed by atoms with Gasteiger partial charge in [0.1, 0.15) is 0 Å². The molecular formula is C15H26N2O3. The molecule has 3 unspecified atom stereocenters. The Bertz CT molecular complexity index is 370. The average Bonchev–Trinajstić information content (AvgIpc) is 2.89. The van der Waals surface area contributed by atoms with Crippen molar-refractivity contribution in [2.24, 2.45) is 17.8 Å². The zero-order valence-corrected chi connectivity index (χ0v) is 12.5. The number of likely N-dealkylation sites (tertiary alicyclic amines) is 1. The predicted molar refractivity (Wildman–Crippen MR) is 76.4 cm³/mol. The van der Waals surface area contributed by atoms with E-state index in [2.05, 4.69) is 19.2 Å². The largest absolute Gasteiger partial charge is 0.481 e. The molecule has 20 heavy (non-hydrogen) atoms. The highest BCUT2D eigenvalue weighted by Gasteiger charge is 2.34. The zero-order valence-electron chi connectivity index (χ0n) is 12.5. The molecule has 2 amide bonds. The van der Waals surface area contributed by atoms with Gasteiger partial charge in [0.15, 0.2) is 0 Å². The SMILES string of the molecule is CC(C)C1CCN(C(=O)NC2CCCCC2C(=O)O)C1. The first-order chi connectivity index (χ1) is 9.49. The molecule has 0 aromatic carbocycles. The van der Waals surface area contributed by atoms with Gasteiger partial charge in [-0.1, -0.05) is 26.7 Å². The first kappa shape index (κ1) is 15.1. The Kier molecular flexibility index (Phi) is 4.89. The second-order valence-corrected chi connectivity index (χ2v) is 6.52. The second-order valence-electron chi connectivity index (χ2n) is 6.52. The van der Waals surface area contributed by atoms with E-state index in [1.807, 2.05) is 4.90 Å². The van der Waals surface area contributed by atoms with E-state index in [-0.39, 0.29) is 12.1 Å². The fourth-order valence-corrected chi connectivity index (χ4v) is 3.37. The Morgan fingerprint density at radius 1 is 1.20 bits per heavy atom. The van der Waals surface area contributed by atoms with Crippen LogP contribution < -0.4 is 5.32 Å². The smallest absolute Gasteiger partial charge is 0.317 e. The summed E-state index contributed by atoms with van der Waals surface area (Å²) >= 11 is 0. The van der Waals surface area contributed by atoms with Crippen LogP contribution in [0.1, 0.15) is 46.0 Å². The van der Waals surface area contributed by atoms with E-state index in [1.54, 1.807) is 0 Å². The van der Waals surface area contributed by atoms with Gasteiger partial charge in [0.2, 0.25) is 0 Å². The van der Waals surface area contributed by atoms with Gasteiger partial charge in [-0.2, -0.15) is 0 Å². The van der Waals surface area contributed by atoms with Crippen LogP contribution in [0.5, 0.6) is 0 Å². The van der Waals surface area contributed by atoms with Gasteiger partial charge < -0.3 is 15.3 Å². The van der Waals surface area contributed by atoms with Crippen LogP contribution in [0.25, 0.3) is 0 Å². The normalized spacial score (nSPS) is 30.6. The molecule has 1 aliphatic heterocycles. The lowest BCUT2D eigenvalue weighted by Gasteiger charge is -2.31. The van der Waals surface area contributed by atoms with Crippen molar-refractivity contribution < 1.29 is 14.7 Å². The topological polar surface area (TPSA) is 69.6 Å². The number of carbonyl (C=O) groups is 2. The van der Waals surface area contributed by atoms with E-state index in [9.17, 15) is 14.7 Å². The van der Waals surface area contributed by atoms with Crippen molar-refractivity contribution in [1.29, 1.82) is 0 Å². The van der Waals surface area contributed by atoms with E-state index in [0.717, 1.165) is 38.8 Å². The Balaban J connectivity index is 1.89. The lowest BCUT2D eigenvalue weighted by Crippen LogP contribution is -2.49. The quantitative estimate of drug-likeness (QED) is 0.834. The van der Waals surface area contributed by atoms with Crippen molar-refractivity contribution in [3.05, 3.63) is 0 Å². The summed E-state index contributed by atoms with van der Waals surface area (Å²) in [4.78, 5) is 25.4. The van der Waals surface area contributed by atoms with Crippen LogP contribution in [0.3, 0.4) is 0 Å². The molecule has 0 radical (unpaired) electrons. The van der Waals surface area contributed by atoms with Crippen molar-refractivity contribution in [3.8, 4) is 0 Å². The lowest BCUT2D eigenvalue weighted by atomic mass is 9.84. The van der Waals surface area contributed by atoms with Crippen LogP contribution >= 0.6 is 0 Å². The molecule has 2 rings (SSSR count). The van der Waals surface area contributed by atoms with E-state index in [1.165, 1.54) is 0 Å². The summed E-state index contributed by atoms with van der Waals surface area (Å²) in [6.07, 6.45) is 4.46. The number of aliphatic carboxylic acids is 1. The van der Waals surface area contributed by atoms with Crippen LogP contribution in [-0.4, -0.2) is 41.1 Å². The average molecular weight is 282 g/mol. The number of nitrogens with zero attached hydrogens (tertiary/aromatic N) is 1. The van der Waals surface area contributed by atoms with Gasteiger partial charge in [0.05, 0.1) is 5.92 Å². The monoisotopic (exact) mass is 282 g/mol. The minimum Gasteiger partial charge on any atom is -0.481 e. The van der Waals surface area contributed by atoms with Crippen molar-refractivity contribution >= 4 is 12.0 Å². The maximum atomic E-state index is 12.3. The molecular weight excluding hydrogens is 256 g/mol. The fraction of sp³-hybridized carbons (Fsp3) is 0.867. The molecule has 0 spiro atoms. The Labute approximate surface area is 120 Å². The molecule has 1 heterocycles. The van der Waals surface area contributed by atoms with Crippen LogP contribution in [0.2, 0.25) is 0 Å². The van der Waals surface area contributed by atoms with Gasteiger partial charge in [0, 0.05) is 19.1 Å². The van der Waals surface area contributed by atoms with Gasteiger partial charge in [0.25, 0.3) is 0 Å². The third-order valence-corrected chi connectivity index (χ3v) is 4.85. The number of amides is 2. The molecule has 114 valence electrons. The van der Waals surface area contributed by atoms with E-state index < -0.39 is 11.9 Å². The molecule has 0 aromatic rings. The van der Waals surface area contributed by atoms with Gasteiger partial charge in [-0.05, 0) is 31.1 Å². The van der Waals surface area contributed by atoms with Crippen LogP contribution in [0.15, 0.2) is 0 Å². The van der Waals surface area contributed by atoms with Crippen molar-refractivity contribution in [2.45, 2.75) is 52.0 Å². The highest BCUT2D eigenvalue weighted by atomic mass is 16.4. The fourth-order valence-electron chi connectivity index (χ4n) is 3.37. The molecule has 1 aliphatic carbocycles. The van der Waals surface area contributed by atoms with Crippen molar-refractivity contribution in [3.63, 3.8) is 0 Å². The number of hydrogen-bond acceptors (Lipinski definition) is 2. The van der Waals surface area contributed by atoms with Gasteiger partial charge >= 0.3 is 12.0 Å². The maximum Gasteiger partial charge on any atom is 0.317 e. The summed E-state index contributed by atoms with van der Waals surface area (Å²) in [5.41, 5.74) is 0. The summed E-state index contributed by atoms with van der Waals surface area (Å²) in [7, 11) is 0. The van der Waals surface area contributed by atoms with Crippen molar-refractivity contribution in [1.82, 2.24) is 10.2 Å². The standard InChI is InChI=1S/C15H26N2O3/c1-10(2)11-7-8-17(9-11)15(20)16-13-6-4-3-5-12(13)14(18)19/h10-13H,3-9H2,1-2H3,(H,16,20)(H,18,19). The summed E-state index contributed by atoms with van der Waals surface area (Å²) in [5.74, 6) is -0.0377. The van der Waals surface area contributed by atoms with E-state index in [0.29, 0.717) is 18.3 Å². The minimum absolute atomic E-state index is 0.0775. The summed E-state index contributed by atoms with van der Waals surface area (Å²) in [6, 6.07) is -0.279. The molecule has 0 aromatic heterocycles. The molecule has 5 heteroatoms. The zero-order chi connectivity index (χ0) is 14.7. The number of urea groups is 1. The summed E-state index contributed by atoms with van der Waals surface area (Å²) < 4.78 is 0. The molecule has 2 aliphatic rings. The highest BCUT2D eigenvalue weighted by Crippen LogP contribution is 2.26. The Morgan fingerprint density at radius 2 is 1.90 bits per heavy atom. The molecule has 3 atom stereocenters. The number of nitrogens with one attached hydrogen (secondary N) is 1. The number of carbonyl (C=O) groups excluding carboxylic acids is 1. The van der Waals surface area contributed by atoms with Gasteiger partial charge in [-0.25, -0.2) is 4.79 Å². The number of carboxylic acid groups (broad SMARTS) is 1. The molecule has 2 fully saturated rings. The molecule has 0 bridgehead atoms. The Morgan fingerprint density at radius 3 is 2.50 bits per heavy atom. The maximum absolute atomic E-state index is 12.3. The van der Waals surface area contributed by atoms with Crippen molar-refractivity contribution in [2.75, 3.05) is 13.1 Å². The predicted octanol–water partition coefficient (Wildman–Crippen LogP) is 2.32. The number of hydrogen-bond donors (Lipinski definition) is 2. The second kappa shape index (κ2) is 6.46. The number of carboxylic acids is 1. The third-order valence-electron chi connectivity index (χ3n) is 4.85. The van der Waals surface area contributed by atoms with Crippen LogP contribution in [-0.2, 0) is 4.79 Å². The van der Waals surface area contributed by atoms with E-state index in [4.69, 9.17) is 0 Å². The molecule has 5 nitrogen and oxygen atoms in total. The van der Waals surface area contributed by atoms with Gasteiger partial charge in [-0.3, -0.25) is 4.79 Å². The molecule has 2 N–H and O–H groups in total. The van der Waals surface area contributed by atoms with Crippen LogP contribution in [0.4, 0.5) is 4.79 Å². The van der Waals surface area contributed by atoms with Gasteiger partial charge in [-0.15, -0.1) is 0 Å². The highest BCUT2D eigenvalue weighted by molar-refractivity contribution is 5.77. The first-order valence-corrected chi connectivity index (χ1v) is 7.77. The molecule has 1 saturated heterocycles. The first-order valence-electron chi connectivity index (χ1n) is 7.77. The summed E-state index contributed by atoms with van der Waals surface area (Å²) in [6.45, 7) is 5.97. The number of rotatable bonds is 3. The Hall–Kier alpha value is -1.26. The van der Waals surface area contributed by atoms with E-state index >= 15 is 0 Å². The van der Waals surface area contributed by atoms with Crippen LogP contribution in [0, 0.1) is 17.8 Å². The minimum atomic E-state index is -0.781. The third kappa shape index (κ3) is 3.44. The lowest BCUT2D eigenvalue weighted by molar-refractivity contribution is -0.143. The summed E-state index contributed by atoms with van der Waals surface area (Å²) in [5, 5.41) is 12.2.